The first-order chi connectivity index (χ1) is 9.69. The van der Waals surface area contributed by atoms with E-state index in [1.54, 1.807) is 13.3 Å². The predicted molar refractivity (Wildman–Crippen MR) is 75.8 cm³/mol. The molecular weight excluding hydrogens is 254 g/mol. The molecule has 0 aliphatic rings. The minimum atomic E-state index is -0.800. The normalized spacial score (nSPS) is 11.8. The van der Waals surface area contributed by atoms with Gasteiger partial charge in [0, 0.05) is 18.3 Å². The molecule has 1 aromatic heterocycles. The summed E-state index contributed by atoms with van der Waals surface area (Å²) in [6.07, 6.45) is 2.60. The molecule has 4 heteroatoms. The van der Waals surface area contributed by atoms with E-state index in [1.165, 1.54) is 0 Å². The predicted octanol–water partition coefficient (Wildman–Crippen LogP) is 2.58. The molecule has 1 atom stereocenters. The van der Waals surface area contributed by atoms with E-state index in [2.05, 4.69) is 4.98 Å². The van der Waals surface area contributed by atoms with Crippen molar-refractivity contribution in [2.45, 2.75) is 12.8 Å². The fraction of sp³-hybridized carbons (Fsp3) is 0.250. The maximum Gasteiger partial charge on any atom is 0.307 e. The molecule has 0 fully saturated rings. The van der Waals surface area contributed by atoms with Crippen LogP contribution in [0.25, 0.3) is 0 Å². The number of pyridine rings is 1. The molecule has 1 heterocycles. The Morgan fingerprint density at radius 2 is 1.95 bits per heavy atom. The van der Waals surface area contributed by atoms with Gasteiger partial charge >= 0.3 is 5.97 Å². The number of ether oxygens (including phenoxy) is 1. The smallest absolute Gasteiger partial charge is 0.307 e. The molecule has 4 nitrogen and oxygen atoms in total. The van der Waals surface area contributed by atoms with Gasteiger partial charge in [-0.05, 0) is 36.2 Å². The Labute approximate surface area is 118 Å². The number of hydrogen-bond acceptors (Lipinski definition) is 3. The van der Waals surface area contributed by atoms with Gasteiger partial charge in [0.15, 0.2) is 0 Å². The maximum atomic E-state index is 11.4. The molecule has 1 unspecified atom stereocenters. The minimum absolute atomic E-state index is 0.433. The summed E-state index contributed by atoms with van der Waals surface area (Å²) in [6.45, 7) is 0. The van der Waals surface area contributed by atoms with Crippen LogP contribution in [-0.4, -0.2) is 23.2 Å². The van der Waals surface area contributed by atoms with Gasteiger partial charge in [-0.15, -0.1) is 0 Å². The van der Waals surface area contributed by atoms with Gasteiger partial charge in [0.25, 0.3) is 0 Å². The van der Waals surface area contributed by atoms with E-state index in [4.69, 9.17) is 4.74 Å². The summed E-state index contributed by atoms with van der Waals surface area (Å²) in [7, 11) is 1.61. The summed E-state index contributed by atoms with van der Waals surface area (Å²) < 4.78 is 5.09. The van der Waals surface area contributed by atoms with Crippen LogP contribution in [0.2, 0.25) is 0 Å². The number of carboxylic acid groups (broad SMARTS) is 1. The first-order valence-electron chi connectivity index (χ1n) is 6.44. The first-order valence-corrected chi connectivity index (χ1v) is 6.44. The van der Waals surface area contributed by atoms with Crippen molar-refractivity contribution in [1.82, 2.24) is 4.98 Å². The fourth-order valence-corrected chi connectivity index (χ4v) is 2.06. The van der Waals surface area contributed by atoms with E-state index in [0.29, 0.717) is 12.8 Å². The quantitative estimate of drug-likeness (QED) is 0.877. The number of benzene rings is 1. The van der Waals surface area contributed by atoms with E-state index in [9.17, 15) is 9.90 Å². The Bertz CT molecular complexity index is 552. The zero-order valence-corrected chi connectivity index (χ0v) is 11.3. The number of methoxy groups -OCH3 is 1. The van der Waals surface area contributed by atoms with Crippen LogP contribution in [0.1, 0.15) is 11.3 Å². The van der Waals surface area contributed by atoms with E-state index in [1.807, 2.05) is 42.5 Å². The zero-order chi connectivity index (χ0) is 14.4. The molecule has 0 saturated heterocycles. The Kier molecular flexibility index (Phi) is 4.71. The number of rotatable bonds is 6. The number of aromatic nitrogens is 1. The number of carbonyl (C=O) groups is 1. The molecule has 0 radical (unpaired) electrons. The topological polar surface area (TPSA) is 59.4 Å². The third kappa shape index (κ3) is 3.82. The average molecular weight is 271 g/mol. The highest BCUT2D eigenvalue weighted by atomic mass is 16.5. The standard InChI is InChI=1S/C16H17NO3/c1-20-15-7-5-12(6-8-15)10-13(16(18)19)11-14-4-2-3-9-17-14/h2-9,13H,10-11H2,1H3,(H,18,19). The Morgan fingerprint density at radius 1 is 1.20 bits per heavy atom. The lowest BCUT2D eigenvalue weighted by Crippen LogP contribution is -2.19. The molecule has 2 rings (SSSR count). The van der Waals surface area contributed by atoms with Gasteiger partial charge in [0.1, 0.15) is 5.75 Å². The SMILES string of the molecule is COc1ccc(CC(Cc2ccccn2)C(=O)O)cc1. The Hall–Kier alpha value is -2.36. The van der Waals surface area contributed by atoms with Gasteiger partial charge in [-0.25, -0.2) is 0 Å². The molecule has 1 aromatic carbocycles. The third-order valence-electron chi connectivity index (χ3n) is 3.17. The van der Waals surface area contributed by atoms with Crippen molar-refractivity contribution >= 4 is 5.97 Å². The lowest BCUT2D eigenvalue weighted by atomic mass is 9.94. The van der Waals surface area contributed by atoms with Crippen molar-refractivity contribution in [3.05, 3.63) is 59.9 Å². The average Bonchev–Trinajstić information content (AvgIpc) is 2.48. The third-order valence-corrected chi connectivity index (χ3v) is 3.17. The number of aliphatic carboxylic acids is 1. The molecule has 0 aliphatic heterocycles. The van der Waals surface area contributed by atoms with Crippen LogP contribution in [0.4, 0.5) is 0 Å². The lowest BCUT2D eigenvalue weighted by molar-refractivity contribution is -0.141. The van der Waals surface area contributed by atoms with Crippen LogP contribution >= 0.6 is 0 Å². The van der Waals surface area contributed by atoms with Gasteiger partial charge in [-0.2, -0.15) is 0 Å². The second kappa shape index (κ2) is 6.70. The van der Waals surface area contributed by atoms with Crippen molar-refractivity contribution in [2.75, 3.05) is 7.11 Å². The largest absolute Gasteiger partial charge is 0.497 e. The van der Waals surface area contributed by atoms with Crippen molar-refractivity contribution in [2.24, 2.45) is 5.92 Å². The monoisotopic (exact) mass is 271 g/mol. The Balaban J connectivity index is 2.07. The summed E-state index contributed by atoms with van der Waals surface area (Å²) in [5, 5.41) is 9.34. The van der Waals surface area contributed by atoms with E-state index < -0.39 is 11.9 Å². The molecule has 104 valence electrons. The second-order valence-corrected chi connectivity index (χ2v) is 4.61. The summed E-state index contributed by atoms with van der Waals surface area (Å²) in [6, 6.07) is 13.0. The molecular formula is C16H17NO3. The van der Waals surface area contributed by atoms with Gasteiger partial charge in [-0.1, -0.05) is 18.2 Å². The summed E-state index contributed by atoms with van der Waals surface area (Å²) in [4.78, 5) is 15.6. The van der Waals surface area contributed by atoms with E-state index >= 15 is 0 Å². The van der Waals surface area contributed by atoms with Crippen LogP contribution in [0.3, 0.4) is 0 Å². The second-order valence-electron chi connectivity index (χ2n) is 4.61. The molecule has 0 bridgehead atoms. The van der Waals surface area contributed by atoms with Crippen LogP contribution in [0.5, 0.6) is 5.75 Å². The van der Waals surface area contributed by atoms with Gasteiger partial charge < -0.3 is 9.84 Å². The minimum Gasteiger partial charge on any atom is -0.497 e. The summed E-state index contributed by atoms with van der Waals surface area (Å²) in [5.74, 6) is -0.505. The molecule has 0 amide bonds. The van der Waals surface area contributed by atoms with Crippen LogP contribution < -0.4 is 4.74 Å². The zero-order valence-electron chi connectivity index (χ0n) is 11.3. The van der Waals surface area contributed by atoms with Gasteiger partial charge in [-0.3, -0.25) is 9.78 Å². The van der Waals surface area contributed by atoms with Gasteiger partial charge in [0.05, 0.1) is 13.0 Å². The molecule has 0 saturated carbocycles. The lowest BCUT2D eigenvalue weighted by Gasteiger charge is -2.12. The van der Waals surface area contributed by atoms with Crippen LogP contribution in [-0.2, 0) is 17.6 Å². The first kappa shape index (κ1) is 14.1. The molecule has 20 heavy (non-hydrogen) atoms. The maximum absolute atomic E-state index is 11.4. The molecule has 2 aromatic rings. The van der Waals surface area contributed by atoms with Crippen molar-refractivity contribution in [3.8, 4) is 5.75 Å². The summed E-state index contributed by atoms with van der Waals surface area (Å²) >= 11 is 0. The Morgan fingerprint density at radius 3 is 2.50 bits per heavy atom. The highest BCUT2D eigenvalue weighted by Gasteiger charge is 2.19. The number of hydrogen-bond donors (Lipinski definition) is 1. The van der Waals surface area contributed by atoms with Crippen molar-refractivity contribution in [3.63, 3.8) is 0 Å². The van der Waals surface area contributed by atoms with E-state index in [0.717, 1.165) is 17.0 Å². The number of carboxylic acids is 1. The highest BCUT2D eigenvalue weighted by Crippen LogP contribution is 2.17. The fourth-order valence-electron chi connectivity index (χ4n) is 2.06. The highest BCUT2D eigenvalue weighted by molar-refractivity contribution is 5.70. The van der Waals surface area contributed by atoms with Gasteiger partial charge in [0.2, 0.25) is 0 Å². The van der Waals surface area contributed by atoms with Crippen molar-refractivity contribution in [1.29, 1.82) is 0 Å². The van der Waals surface area contributed by atoms with Crippen LogP contribution in [0, 0.1) is 5.92 Å². The molecule has 0 aliphatic carbocycles. The number of nitrogens with zero attached hydrogens (tertiary/aromatic N) is 1. The molecule has 0 spiro atoms. The van der Waals surface area contributed by atoms with Crippen LogP contribution in [0.15, 0.2) is 48.7 Å². The van der Waals surface area contributed by atoms with E-state index in [-0.39, 0.29) is 0 Å². The summed E-state index contributed by atoms with van der Waals surface area (Å²) in [5.41, 5.74) is 1.78. The molecule has 1 N–H and O–H groups in total. The van der Waals surface area contributed by atoms with Crippen molar-refractivity contribution < 1.29 is 14.6 Å².